The van der Waals surface area contributed by atoms with E-state index in [1.807, 2.05) is 0 Å². The molecule has 9 nitrogen and oxygen atoms in total. The molecule has 1 unspecified atom stereocenters. The Morgan fingerprint density at radius 2 is 1.08 bits per heavy atom. The topological polar surface area (TPSA) is 134 Å². The third kappa shape index (κ3) is 37.3. The summed E-state index contributed by atoms with van der Waals surface area (Å²) in [5.74, 6) is -0.885. The monoisotopic (exact) mass is 737 g/mol. The van der Waals surface area contributed by atoms with Crippen LogP contribution >= 0.6 is 7.82 Å². The maximum absolute atomic E-state index is 12.5. The molecule has 0 aliphatic heterocycles. The molecule has 0 aliphatic rings. The molecule has 0 amide bonds. The van der Waals surface area contributed by atoms with Crippen molar-refractivity contribution >= 4 is 19.8 Å². The molecule has 0 saturated heterocycles. The lowest BCUT2D eigenvalue weighted by atomic mass is 10.1. The predicted octanol–water partition coefficient (Wildman–Crippen LogP) is 10.9. The van der Waals surface area contributed by atoms with Gasteiger partial charge in [0.2, 0.25) is 0 Å². The number of esters is 2. The van der Waals surface area contributed by atoms with E-state index in [1.54, 1.807) is 0 Å². The van der Waals surface area contributed by atoms with Crippen LogP contribution in [0, 0.1) is 0 Å². The van der Waals surface area contributed by atoms with Gasteiger partial charge in [0.25, 0.3) is 0 Å². The fourth-order valence-corrected chi connectivity index (χ4v) is 5.72. The van der Waals surface area contributed by atoms with E-state index in [0.717, 1.165) is 57.8 Å². The average molecular weight is 738 g/mol. The van der Waals surface area contributed by atoms with Crippen molar-refractivity contribution in [2.75, 3.05) is 26.4 Å². The van der Waals surface area contributed by atoms with Crippen LogP contribution in [0.15, 0.2) is 60.8 Å². The lowest BCUT2D eigenvalue weighted by Crippen LogP contribution is -2.29. The van der Waals surface area contributed by atoms with Crippen molar-refractivity contribution < 1.29 is 37.6 Å². The van der Waals surface area contributed by atoms with Crippen LogP contribution in [0.25, 0.3) is 0 Å². The van der Waals surface area contributed by atoms with Gasteiger partial charge in [0.15, 0.2) is 6.10 Å². The molecule has 3 N–H and O–H groups in total. The van der Waals surface area contributed by atoms with Gasteiger partial charge in [0.1, 0.15) is 6.61 Å². The maximum atomic E-state index is 12.5. The minimum absolute atomic E-state index is 0.0449. The molecular formula is C41H72NO8P. The van der Waals surface area contributed by atoms with E-state index in [2.05, 4.69) is 74.6 Å². The van der Waals surface area contributed by atoms with Crippen molar-refractivity contribution in [2.24, 2.45) is 5.73 Å². The number of rotatable bonds is 36. The number of phosphoric acid groups is 1. The van der Waals surface area contributed by atoms with Crippen LogP contribution in [0.1, 0.15) is 155 Å². The largest absolute Gasteiger partial charge is 0.472 e. The Hall–Kier alpha value is -2.29. The second-order valence-corrected chi connectivity index (χ2v) is 14.2. The molecule has 0 spiro atoms. The highest BCUT2D eigenvalue weighted by atomic mass is 31.2. The summed E-state index contributed by atoms with van der Waals surface area (Å²) in [5, 5.41) is 0. The normalized spacial score (nSPS) is 14.0. The highest BCUT2D eigenvalue weighted by Gasteiger charge is 2.25. The molecule has 0 rings (SSSR count). The first-order valence-corrected chi connectivity index (χ1v) is 21.3. The van der Waals surface area contributed by atoms with E-state index in [-0.39, 0.29) is 32.6 Å². The maximum Gasteiger partial charge on any atom is 0.472 e. The third-order valence-electron chi connectivity index (χ3n) is 7.89. The summed E-state index contributed by atoms with van der Waals surface area (Å²) in [6.07, 6.45) is 42.5. The number of ether oxygens (including phenoxy) is 2. The number of unbranched alkanes of at least 4 members (excludes halogenated alkanes) is 13. The number of hydrogen-bond donors (Lipinski definition) is 2. The number of allylic oxidation sites excluding steroid dienone is 10. The van der Waals surface area contributed by atoms with E-state index in [0.29, 0.717) is 12.8 Å². The molecule has 0 fully saturated rings. The summed E-state index contributed by atoms with van der Waals surface area (Å²) in [7, 11) is -4.38. The van der Waals surface area contributed by atoms with Gasteiger partial charge in [-0.05, 0) is 70.6 Å². The molecule has 0 aromatic rings. The van der Waals surface area contributed by atoms with E-state index < -0.39 is 32.5 Å². The van der Waals surface area contributed by atoms with Crippen LogP contribution in [0.4, 0.5) is 0 Å². The smallest absolute Gasteiger partial charge is 0.462 e. The SMILES string of the molecule is CC/C=C/C/C=C/C/C=C/C/C=C/CCCCC(=O)OC[C@H](COP(=O)(O)OCCN)OC(=O)CCCCCCCCCCC/C=C/CCCC. The number of hydrogen-bond acceptors (Lipinski definition) is 8. The van der Waals surface area contributed by atoms with Gasteiger partial charge < -0.3 is 20.1 Å². The molecular weight excluding hydrogens is 665 g/mol. The van der Waals surface area contributed by atoms with Gasteiger partial charge in [0.05, 0.1) is 13.2 Å². The lowest BCUT2D eigenvalue weighted by Gasteiger charge is -2.19. The number of carbonyl (C=O) groups excluding carboxylic acids is 2. The zero-order chi connectivity index (χ0) is 37.5. The molecule has 0 aromatic heterocycles. The van der Waals surface area contributed by atoms with Gasteiger partial charge in [-0.15, -0.1) is 0 Å². The van der Waals surface area contributed by atoms with Gasteiger partial charge in [0, 0.05) is 19.4 Å². The highest BCUT2D eigenvalue weighted by molar-refractivity contribution is 7.47. The Labute approximate surface area is 310 Å². The van der Waals surface area contributed by atoms with Crippen LogP contribution in [-0.2, 0) is 32.7 Å². The van der Waals surface area contributed by atoms with E-state index >= 15 is 0 Å². The standard InChI is InChI=1S/C41H72NO8P/c1-3-5-7-9-11-13-15-17-19-21-23-25-27-29-31-33-40(43)47-37-39(38-49-51(45,46)48-36-35-42)50-41(44)34-32-30-28-26-24-22-20-18-16-14-12-10-8-6-4-2/h5,7,10-13,17,19,23,25,39H,3-4,6,8-9,14-16,18,20-22,24,26-38,42H2,1-2H3,(H,45,46)/b7-5+,12-10+,13-11+,19-17+,25-23+/t39-/m1/s1. The van der Waals surface area contributed by atoms with Crippen molar-refractivity contribution in [1.29, 1.82) is 0 Å². The quantitative estimate of drug-likeness (QED) is 0.0279. The van der Waals surface area contributed by atoms with Crippen molar-refractivity contribution in [1.82, 2.24) is 0 Å². The lowest BCUT2D eigenvalue weighted by molar-refractivity contribution is -0.161. The van der Waals surface area contributed by atoms with Crippen molar-refractivity contribution in [2.45, 2.75) is 161 Å². The zero-order valence-corrected chi connectivity index (χ0v) is 33.0. The van der Waals surface area contributed by atoms with E-state index in [1.165, 1.54) is 57.8 Å². The Kier molecular flexibility index (Phi) is 35.8. The summed E-state index contributed by atoms with van der Waals surface area (Å²) < 4.78 is 32.6. The van der Waals surface area contributed by atoms with Gasteiger partial charge in [-0.2, -0.15) is 0 Å². The van der Waals surface area contributed by atoms with Crippen LogP contribution in [0.2, 0.25) is 0 Å². The Morgan fingerprint density at radius 3 is 1.67 bits per heavy atom. The third-order valence-corrected chi connectivity index (χ3v) is 8.87. The van der Waals surface area contributed by atoms with Crippen LogP contribution in [0.5, 0.6) is 0 Å². The molecule has 51 heavy (non-hydrogen) atoms. The van der Waals surface area contributed by atoms with Crippen molar-refractivity contribution in [3.8, 4) is 0 Å². The van der Waals surface area contributed by atoms with Crippen LogP contribution in [-0.4, -0.2) is 49.3 Å². The fourth-order valence-electron chi connectivity index (χ4n) is 4.96. The molecule has 10 heteroatoms. The second-order valence-electron chi connectivity index (χ2n) is 12.8. The number of phosphoric ester groups is 1. The second kappa shape index (κ2) is 37.5. The minimum Gasteiger partial charge on any atom is -0.462 e. The summed E-state index contributed by atoms with van der Waals surface area (Å²) in [5.41, 5.74) is 5.33. The first-order valence-electron chi connectivity index (χ1n) is 19.8. The van der Waals surface area contributed by atoms with Gasteiger partial charge in [-0.3, -0.25) is 18.6 Å². The summed E-state index contributed by atoms with van der Waals surface area (Å²) in [4.78, 5) is 34.7. The zero-order valence-electron chi connectivity index (χ0n) is 32.1. The molecule has 294 valence electrons. The Bertz CT molecular complexity index is 1020. The van der Waals surface area contributed by atoms with Gasteiger partial charge in [-0.25, -0.2) is 4.57 Å². The summed E-state index contributed by atoms with van der Waals surface area (Å²) >= 11 is 0. The molecule has 0 bridgehead atoms. The number of nitrogens with two attached hydrogens (primary N) is 1. The molecule has 0 saturated carbocycles. The molecule has 0 aliphatic carbocycles. The van der Waals surface area contributed by atoms with Gasteiger partial charge in [-0.1, -0.05) is 132 Å². The number of carbonyl (C=O) groups is 2. The van der Waals surface area contributed by atoms with Gasteiger partial charge >= 0.3 is 19.8 Å². The summed E-state index contributed by atoms with van der Waals surface area (Å²) in [6.45, 7) is 3.52. The Balaban J connectivity index is 4.28. The molecule has 0 radical (unpaired) electrons. The van der Waals surface area contributed by atoms with Crippen LogP contribution < -0.4 is 5.73 Å². The molecule has 0 aromatic carbocycles. The predicted molar refractivity (Wildman–Crippen MR) is 210 cm³/mol. The average Bonchev–Trinajstić information content (AvgIpc) is 3.11. The van der Waals surface area contributed by atoms with Crippen LogP contribution in [0.3, 0.4) is 0 Å². The van der Waals surface area contributed by atoms with Crippen molar-refractivity contribution in [3.63, 3.8) is 0 Å². The molecule has 2 atom stereocenters. The fraction of sp³-hybridized carbons (Fsp3) is 0.707. The van der Waals surface area contributed by atoms with E-state index in [9.17, 15) is 19.0 Å². The minimum atomic E-state index is -4.38. The Morgan fingerprint density at radius 1 is 0.608 bits per heavy atom. The van der Waals surface area contributed by atoms with Crippen molar-refractivity contribution in [3.05, 3.63) is 60.8 Å². The van der Waals surface area contributed by atoms with E-state index in [4.69, 9.17) is 24.3 Å². The first kappa shape index (κ1) is 48.7. The first-order chi connectivity index (χ1) is 24.8. The highest BCUT2D eigenvalue weighted by Crippen LogP contribution is 2.43. The summed E-state index contributed by atoms with van der Waals surface area (Å²) in [6, 6.07) is 0. The molecule has 0 heterocycles.